The molecule has 0 unspecified atom stereocenters. The molecule has 0 spiro atoms. The van der Waals surface area contributed by atoms with Gasteiger partial charge in [-0.25, -0.2) is 4.39 Å². The molecule has 2 rings (SSSR count). The molecule has 2 aromatic rings. The zero-order valence-corrected chi connectivity index (χ0v) is 13.6. The van der Waals surface area contributed by atoms with Gasteiger partial charge in [0.2, 0.25) is 11.7 Å². The van der Waals surface area contributed by atoms with Gasteiger partial charge < -0.3 is 19.5 Å². The number of methoxy groups -OCH3 is 3. The van der Waals surface area contributed by atoms with Gasteiger partial charge in [0.25, 0.3) is 0 Å². The van der Waals surface area contributed by atoms with Crippen LogP contribution in [0.2, 0.25) is 0 Å². The molecule has 0 atom stereocenters. The predicted octanol–water partition coefficient (Wildman–Crippen LogP) is 3.50. The number of carbonyl (C=O) groups excluding carboxylic acids is 1. The second-order valence-corrected chi connectivity index (χ2v) is 4.79. The van der Waals surface area contributed by atoms with Crippen molar-refractivity contribution in [3.63, 3.8) is 0 Å². The second-order valence-electron chi connectivity index (χ2n) is 4.79. The monoisotopic (exact) mass is 331 g/mol. The van der Waals surface area contributed by atoms with Crippen molar-refractivity contribution >= 4 is 17.7 Å². The number of halogens is 1. The van der Waals surface area contributed by atoms with Crippen molar-refractivity contribution in [1.29, 1.82) is 0 Å². The Morgan fingerprint density at radius 1 is 1.00 bits per heavy atom. The van der Waals surface area contributed by atoms with Crippen LogP contribution < -0.4 is 19.5 Å². The maximum Gasteiger partial charge on any atom is 0.248 e. The van der Waals surface area contributed by atoms with Gasteiger partial charge in [0.05, 0.1) is 21.3 Å². The van der Waals surface area contributed by atoms with E-state index in [-0.39, 0.29) is 11.7 Å². The van der Waals surface area contributed by atoms with E-state index >= 15 is 0 Å². The number of rotatable bonds is 6. The topological polar surface area (TPSA) is 56.8 Å². The van der Waals surface area contributed by atoms with Crippen molar-refractivity contribution in [3.05, 3.63) is 53.9 Å². The second kappa shape index (κ2) is 8.01. The highest BCUT2D eigenvalue weighted by Gasteiger charge is 2.13. The Bertz CT molecular complexity index is 716. The lowest BCUT2D eigenvalue weighted by atomic mass is 10.2. The summed E-state index contributed by atoms with van der Waals surface area (Å²) in [7, 11) is 4.50. The largest absolute Gasteiger partial charge is 0.493 e. The van der Waals surface area contributed by atoms with E-state index in [4.69, 9.17) is 14.2 Å². The maximum absolute atomic E-state index is 12.8. The average molecular weight is 331 g/mol. The van der Waals surface area contributed by atoms with Crippen molar-refractivity contribution in [3.8, 4) is 17.2 Å². The Morgan fingerprint density at radius 2 is 1.58 bits per heavy atom. The summed E-state index contributed by atoms with van der Waals surface area (Å²) in [5.74, 6) is 0.659. The molecule has 0 aliphatic rings. The SMILES string of the molecule is COc1cc(NC(=O)/C=C/c2ccc(F)cc2)cc(OC)c1OC. The van der Waals surface area contributed by atoms with Crippen molar-refractivity contribution in [2.75, 3.05) is 26.6 Å². The Hall–Kier alpha value is -3.02. The van der Waals surface area contributed by atoms with Gasteiger partial charge in [-0.3, -0.25) is 4.79 Å². The van der Waals surface area contributed by atoms with E-state index in [1.807, 2.05) is 0 Å². The first kappa shape index (κ1) is 17.3. The molecule has 126 valence electrons. The number of nitrogens with one attached hydrogen (secondary N) is 1. The fourth-order valence-electron chi connectivity index (χ4n) is 2.08. The van der Waals surface area contributed by atoms with Gasteiger partial charge in [0.1, 0.15) is 5.82 Å². The summed E-state index contributed by atoms with van der Waals surface area (Å²) >= 11 is 0. The van der Waals surface area contributed by atoms with E-state index in [1.165, 1.54) is 39.5 Å². The lowest BCUT2D eigenvalue weighted by molar-refractivity contribution is -0.111. The Labute approximate surface area is 139 Å². The summed E-state index contributed by atoms with van der Waals surface area (Å²) in [6.45, 7) is 0. The molecule has 0 aromatic heterocycles. The third-order valence-corrected chi connectivity index (χ3v) is 3.23. The van der Waals surface area contributed by atoms with E-state index in [0.717, 1.165) is 5.56 Å². The first-order valence-electron chi connectivity index (χ1n) is 7.12. The number of anilines is 1. The summed E-state index contributed by atoms with van der Waals surface area (Å²) in [5, 5.41) is 2.71. The molecule has 0 saturated carbocycles. The summed E-state index contributed by atoms with van der Waals surface area (Å²) in [6, 6.07) is 9.08. The Balaban J connectivity index is 2.15. The Kier molecular flexibility index (Phi) is 5.78. The summed E-state index contributed by atoms with van der Waals surface area (Å²) in [4.78, 5) is 12.0. The Morgan fingerprint density at radius 3 is 2.08 bits per heavy atom. The van der Waals surface area contributed by atoms with Gasteiger partial charge in [0.15, 0.2) is 11.5 Å². The highest BCUT2D eigenvalue weighted by atomic mass is 19.1. The predicted molar refractivity (Wildman–Crippen MR) is 90.2 cm³/mol. The molecule has 0 radical (unpaired) electrons. The van der Waals surface area contributed by atoms with E-state index < -0.39 is 0 Å². The number of benzene rings is 2. The number of ether oxygens (including phenoxy) is 3. The lowest BCUT2D eigenvalue weighted by Crippen LogP contribution is -2.08. The molecule has 0 aliphatic heterocycles. The average Bonchev–Trinajstić information content (AvgIpc) is 2.60. The van der Waals surface area contributed by atoms with Crippen LogP contribution in [0.15, 0.2) is 42.5 Å². The first-order chi connectivity index (χ1) is 11.6. The summed E-state index contributed by atoms with van der Waals surface area (Å²) < 4.78 is 28.5. The van der Waals surface area contributed by atoms with E-state index in [0.29, 0.717) is 22.9 Å². The normalized spacial score (nSPS) is 10.5. The minimum absolute atomic E-state index is 0.325. The van der Waals surface area contributed by atoms with Gasteiger partial charge in [0, 0.05) is 23.9 Å². The molecule has 24 heavy (non-hydrogen) atoms. The lowest BCUT2D eigenvalue weighted by Gasteiger charge is -2.14. The van der Waals surface area contributed by atoms with Gasteiger partial charge in [-0.2, -0.15) is 0 Å². The van der Waals surface area contributed by atoms with Gasteiger partial charge >= 0.3 is 0 Å². The van der Waals surface area contributed by atoms with Crippen LogP contribution in [0.4, 0.5) is 10.1 Å². The summed E-state index contributed by atoms with van der Waals surface area (Å²) in [5.41, 5.74) is 1.22. The third kappa shape index (κ3) is 4.25. The van der Waals surface area contributed by atoms with E-state index in [9.17, 15) is 9.18 Å². The molecule has 6 heteroatoms. The van der Waals surface area contributed by atoms with Crippen molar-refractivity contribution in [1.82, 2.24) is 0 Å². The molecule has 0 heterocycles. The molecule has 1 N–H and O–H groups in total. The van der Waals surface area contributed by atoms with Gasteiger partial charge in [-0.1, -0.05) is 12.1 Å². The minimum atomic E-state index is -0.339. The van der Waals surface area contributed by atoms with Crippen LogP contribution in [0.5, 0.6) is 17.2 Å². The standard InChI is InChI=1S/C18H18FNO4/c1-22-15-10-14(11-16(23-2)18(15)24-3)20-17(21)9-6-12-4-7-13(19)8-5-12/h4-11H,1-3H3,(H,20,21)/b9-6+. The van der Waals surface area contributed by atoms with Crippen molar-refractivity contribution in [2.45, 2.75) is 0 Å². The fraction of sp³-hybridized carbons (Fsp3) is 0.167. The van der Waals surface area contributed by atoms with Crippen LogP contribution in [0.25, 0.3) is 6.08 Å². The van der Waals surface area contributed by atoms with Gasteiger partial charge in [-0.15, -0.1) is 0 Å². The van der Waals surface area contributed by atoms with Crippen LogP contribution in [0.1, 0.15) is 5.56 Å². The number of amides is 1. The molecular weight excluding hydrogens is 313 g/mol. The molecule has 1 amide bonds. The van der Waals surface area contributed by atoms with E-state index in [2.05, 4.69) is 5.32 Å². The third-order valence-electron chi connectivity index (χ3n) is 3.23. The zero-order valence-electron chi connectivity index (χ0n) is 13.6. The quantitative estimate of drug-likeness (QED) is 0.823. The van der Waals surface area contributed by atoms with E-state index in [1.54, 1.807) is 30.3 Å². The number of carbonyl (C=O) groups is 1. The van der Waals surface area contributed by atoms with Crippen LogP contribution in [-0.4, -0.2) is 27.2 Å². The first-order valence-corrected chi connectivity index (χ1v) is 7.12. The highest BCUT2D eigenvalue weighted by molar-refractivity contribution is 6.02. The molecule has 0 fully saturated rings. The van der Waals surface area contributed by atoms with Crippen LogP contribution >= 0.6 is 0 Å². The molecule has 5 nitrogen and oxygen atoms in total. The molecule has 0 aliphatic carbocycles. The minimum Gasteiger partial charge on any atom is -0.493 e. The van der Waals surface area contributed by atoms with Crippen molar-refractivity contribution < 1.29 is 23.4 Å². The smallest absolute Gasteiger partial charge is 0.248 e. The van der Waals surface area contributed by atoms with Crippen molar-refractivity contribution in [2.24, 2.45) is 0 Å². The number of hydrogen-bond donors (Lipinski definition) is 1. The molecule has 0 saturated heterocycles. The van der Waals surface area contributed by atoms with Crippen LogP contribution in [0.3, 0.4) is 0 Å². The molecular formula is C18H18FNO4. The highest BCUT2D eigenvalue weighted by Crippen LogP contribution is 2.39. The molecule has 0 bridgehead atoms. The fourth-order valence-corrected chi connectivity index (χ4v) is 2.08. The van der Waals surface area contributed by atoms with Crippen LogP contribution in [0, 0.1) is 5.82 Å². The van der Waals surface area contributed by atoms with Gasteiger partial charge in [-0.05, 0) is 23.8 Å². The summed E-state index contributed by atoms with van der Waals surface area (Å²) in [6.07, 6.45) is 2.95. The number of hydrogen-bond acceptors (Lipinski definition) is 4. The molecule has 2 aromatic carbocycles. The zero-order chi connectivity index (χ0) is 17.5. The maximum atomic E-state index is 12.8. The van der Waals surface area contributed by atoms with Crippen LogP contribution in [-0.2, 0) is 4.79 Å².